The van der Waals surface area contributed by atoms with E-state index in [4.69, 9.17) is 5.73 Å². The van der Waals surface area contributed by atoms with Crippen LogP contribution in [0.2, 0.25) is 0 Å². The summed E-state index contributed by atoms with van der Waals surface area (Å²) < 4.78 is 26.7. The minimum Gasteiger partial charge on any atom is -0.393 e. The van der Waals surface area contributed by atoms with Crippen molar-refractivity contribution in [1.29, 1.82) is 0 Å². The molecule has 2 rings (SSSR count). The minimum atomic E-state index is -3.67. The van der Waals surface area contributed by atoms with Gasteiger partial charge in [0.1, 0.15) is 5.69 Å². The Hall–Kier alpha value is -1.67. The number of nitro benzene ring substituents is 1. The van der Waals surface area contributed by atoms with E-state index in [1.165, 1.54) is 18.9 Å². The molecule has 3 N–H and O–H groups in total. The van der Waals surface area contributed by atoms with Gasteiger partial charge in [0, 0.05) is 12.6 Å². The smallest absolute Gasteiger partial charge is 0.292 e. The number of nitrogens with zero attached hydrogens (tertiary/aromatic N) is 1. The van der Waals surface area contributed by atoms with Gasteiger partial charge in [-0.2, -0.15) is 0 Å². The first kappa shape index (κ1) is 15.7. The van der Waals surface area contributed by atoms with Crippen LogP contribution in [-0.4, -0.2) is 19.9 Å². The van der Waals surface area contributed by atoms with Gasteiger partial charge in [0.25, 0.3) is 5.69 Å². The fourth-order valence-corrected chi connectivity index (χ4v) is 3.73. The molecule has 1 aromatic rings. The maximum atomic E-state index is 12.1. The van der Waals surface area contributed by atoms with E-state index in [-0.39, 0.29) is 16.3 Å². The average molecular weight is 313 g/mol. The Morgan fingerprint density at radius 1 is 1.33 bits per heavy atom. The molecular weight excluding hydrogens is 294 g/mol. The summed E-state index contributed by atoms with van der Waals surface area (Å²) in [5, 5.41) is 10.7. The Morgan fingerprint density at radius 2 is 2.00 bits per heavy atom. The number of anilines is 1. The standard InChI is InChI=1S/C13H19N3O4S/c14-12-9-11(5-6-13(12)16(17)18)21(19,20)15-8-7-10-3-1-2-4-10/h5-6,9-10,15H,1-4,7-8,14H2. The van der Waals surface area contributed by atoms with Crippen LogP contribution in [0.3, 0.4) is 0 Å². The molecule has 1 aromatic carbocycles. The predicted octanol–water partition coefficient (Wildman–Crippen LogP) is 2.04. The fourth-order valence-electron chi connectivity index (χ4n) is 2.65. The molecule has 1 aliphatic rings. The lowest BCUT2D eigenvalue weighted by Crippen LogP contribution is -2.26. The average Bonchev–Trinajstić information content (AvgIpc) is 2.91. The molecule has 21 heavy (non-hydrogen) atoms. The second-order valence-corrected chi connectivity index (χ2v) is 7.08. The zero-order valence-corrected chi connectivity index (χ0v) is 12.4. The number of nitrogens with one attached hydrogen (secondary N) is 1. The van der Waals surface area contributed by atoms with Crippen LogP contribution < -0.4 is 10.5 Å². The lowest BCUT2D eigenvalue weighted by molar-refractivity contribution is -0.383. The number of sulfonamides is 1. The number of benzene rings is 1. The van der Waals surface area contributed by atoms with Crippen molar-refractivity contribution < 1.29 is 13.3 Å². The third kappa shape index (κ3) is 3.92. The maximum Gasteiger partial charge on any atom is 0.292 e. The largest absolute Gasteiger partial charge is 0.393 e. The van der Waals surface area contributed by atoms with Crippen LogP contribution >= 0.6 is 0 Å². The SMILES string of the molecule is Nc1cc(S(=O)(=O)NCCC2CCCC2)ccc1[N+](=O)[O-]. The molecule has 1 saturated carbocycles. The molecule has 0 unspecified atom stereocenters. The van der Waals surface area contributed by atoms with E-state index in [2.05, 4.69) is 4.72 Å². The fraction of sp³-hybridized carbons (Fsp3) is 0.538. The third-order valence-electron chi connectivity index (χ3n) is 3.83. The number of nitrogen functional groups attached to an aromatic ring is 1. The van der Waals surface area contributed by atoms with Crippen LogP contribution in [0.25, 0.3) is 0 Å². The highest BCUT2D eigenvalue weighted by Gasteiger charge is 2.20. The topological polar surface area (TPSA) is 115 Å². The van der Waals surface area contributed by atoms with Crippen LogP contribution in [0, 0.1) is 16.0 Å². The highest BCUT2D eigenvalue weighted by Crippen LogP contribution is 2.27. The Bertz CT molecular complexity index is 624. The zero-order chi connectivity index (χ0) is 15.5. The Kier molecular flexibility index (Phi) is 4.79. The van der Waals surface area contributed by atoms with Gasteiger partial charge in [-0.1, -0.05) is 25.7 Å². The molecule has 1 fully saturated rings. The van der Waals surface area contributed by atoms with Crippen molar-refractivity contribution in [3.8, 4) is 0 Å². The van der Waals surface area contributed by atoms with Gasteiger partial charge in [0.15, 0.2) is 0 Å². The van der Waals surface area contributed by atoms with Crippen LogP contribution in [0.4, 0.5) is 11.4 Å². The van der Waals surface area contributed by atoms with Gasteiger partial charge >= 0.3 is 0 Å². The first-order chi connectivity index (χ1) is 9.90. The van der Waals surface area contributed by atoms with Crippen molar-refractivity contribution in [3.05, 3.63) is 28.3 Å². The molecule has 7 nitrogen and oxygen atoms in total. The summed E-state index contributed by atoms with van der Waals surface area (Å²) in [6.07, 6.45) is 5.58. The molecular formula is C13H19N3O4S. The van der Waals surface area contributed by atoms with Gasteiger partial charge < -0.3 is 5.73 Å². The lowest BCUT2D eigenvalue weighted by Gasteiger charge is -2.10. The monoisotopic (exact) mass is 313 g/mol. The van der Waals surface area contributed by atoms with Crippen molar-refractivity contribution in [2.24, 2.45) is 5.92 Å². The molecule has 0 aliphatic heterocycles. The molecule has 0 saturated heterocycles. The van der Waals surface area contributed by atoms with Crippen LogP contribution in [0.1, 0.15) is 32.1 Å². The highest BCUT2D eigenvalue weighted by atomic mass is 32.2. The molecule has 0 spiro atoms. The normalized spacial score (nSPS) is 16.2. The summed E-state index contributed by atoms with van der Waals surface area (Å²) in [5.41, 5.74) is 5.07. The summed E-state index contributed by atoms with van der Waals surface area (Å²) in [7, 11) is -3.67. The van der Waals surface area contributed by atoms with E-state index >= 15 is 0 Å². The Balaban J connectivity index is 2.01. The minimum absolute atomic E-state index is 0.0444. The van der Waals surface area contributed by atoms with Crippen molar-refractivity contribution >= 4 is 21.4 Å². The Morgan fingerprint density at radius 3 is 2.57 bits per heavy atom. The molecule has 0 heterocycles. The summed E-state index contributed by atoms with van der Waals surface area (Å²) in [6, 6.07) is 3.43. The molecule has 0 bridgehead atoms. The van der Waals surface area contributed by atoms with Crippen LogP contribution in [0.15, 0.2) is 23.1 Å². The first-order valence-corrected chi connectivity index (χ1v) is 8.42. The van der Waals surface area contributed by atoms with Gasteiger partial charge in [0.2, 0.25) is 10.0 Å². The number of nitrogens with two attached hydrogens (primary N) is 1. The number of nitro groups is 1. The second kappa shape index (κ2) is 6.40. The molecule has 0 radical (unpaired) electrons. The Labute approximate surface area is 123 Å². The van der Waals surface area contributed by atoms with Crippen LogP contribution in [-0.2, 0) is 10.0 Å². The van der Waals surface area contributed by atoms with E-state index in [1.807, 2.05) is 0 Å². The maximum absolute atomic E-state index is 12.1. The van der Waals surface area contributed by atoms with E-state index in [1.54, 1.807) is 0 Å². The van der Waals surface area contributed by atoms with Gasteiger partial charge in [-0.3, -0.25) is 10.1 Å². The third-order valence-corrected chi connectivity index (χ3v) is 5.28. The van der Waals surface area contributed by atoms with Crippen LogP contribution in [0.5, 0.6) is 0 Å². The zero-order valence-electron chi connectivity index (χ0n) is 11.6. The summed E-state index contributed by atoms with van der Waals surface area (Å²) >= 11 is 0. The molecule has 0 atom stereocenters. The molecule has 1 aliphatic carbocycles. The quantitative estimate of drug-likeness (QED) is 0.473. The van der Waals surface area contributed by atoms with E-state index in [0.29, 0.717) is 12.5 Å². The molecule has 116 valence electrons. The number of rotatable bonds is 6. The van der Waals surface area contributed by atoms with E-state index in [0.717, 1.165) is 31.4 Å². The molecule has 0 amide bonds. The van der Waals surface area contributed by atoms with E-state index in [9.17, 15) is 18.5 Å². The number of hydrogen-bond donors (Lipinski definition) is 2. The molecule has 8 heteroatoms. The predicted molar refractivity (Wildman–Crippen MR) is 79.3 cm³/mol. The summed E-state index contributed by atoms with van der Waals surface area (Å²) in [6.45, 7) is 0.379. The summed E-state index contributed by atoms with van der Waals surface area (Å²) in [5.74, 6) is 0.592. The van der Waals surface area contributed by atoms with Crippen molar-refractivity contribution in [3.63, 3.8) is 0 Å². The van der Waals surface area contributed by atoms with E-state index < -0.39 is 14.9 Å². The van der Waals surface area contributed by atoms with Gasteiger partial charge in [-0.05, 0) is 24.5 Å². The highest BCUT2D eigenvalue weighted by molar-refractivity contribution is 7.89. The number of hydrogen-bond acceptors (Lipinski definition) is 5. The summed E-state index contributed by atoms with van der Waals surface area (Å²) in [4.78, 5) is 9.98. The van der Waals surface area contributed by atoms with Crippen molar-refractivity contribution in [1.82, 2.24) is 4.72 Å². The van der Waals surface area contributed by atoms with Gasteiger partial charge in [0.05, 0.1) is 9.82 Å². The molecule has 0 aromatic heterocycles. The van der Waals surface area contributed by atoms with Gasteiger partial charge in [-0.15, -0.1) is 0 Å². The van der Waals surface area contributed by atoms with Crippen molar-refractivity contribution in [2.45, 2.75) is 37.0 Å². The van der Waals surface area contributed by atoms with Crippen molar-refractivity contribution in [2.75, 3.05) is 12.3 Å². The first-order valence-electron chi connectivity index (χ1n) is 6.94. The van der Waals surface area contributed by atoms with Gasteiger partial charge in [-0.25, -0.2) is 13.1 Å². The second-order valence-electron chi connectivity index (χ2n) is 5.31. The lowest BCUT2D eigenvalue weighted by atomic mass is 10.1.